The molecule has 1 aliphatic carbocycles. The number of aryl methyl sites for hydroxylation is 1. The number of nitrogens with one attached hydrogen (secondary N) is 2. The van der Waals surface area contributed by atoms with Crippen molar-refractivity contribution in [3.8, 4) is 5.75 Å². The Kier molecular flexibility index (Phi) is 8.72. The molecule has 1 fully saturated rings. The molecule has 0 radical (unpaired) electrons. The lowest BCUT2D eigenvalue weighted by Gasteiger charge is -2.28. The number of amides is 2. The first-order chi connectivity index (χ1) is 15.8. The van der Waals surface area contributed by atoms with Crippen LogP contribution in [0.25, 0.3) is 0 Å². The number of carboxylic acids is 1. The van der Waals surface area contributed by atoms with Crippen LogP contribution in [0, 0.1) is 12.8 Å². The first-order valence-corrected chi connectivity index (χ1v) is 11.5. The fourth-order valence-corrected chi connectivity index (χ4v) is 4.04. The van der Waals surface area contributed by atoms with E-state index in [2.05, 4.69) is 10.6 Å². The first-order valence-electron chi connectivity index (χ1n) is 11.1. The van der Waals surface area contributed by atoms with Gasteiger partial charge in [0.25, 0.3) is 11.8 Å². The van der Waals surface area contributed by atoms with Crippen molar-refractivity contribution in [3.63, 3.8) is 0 Å². The molecule has 0 unspecified atom stereocenters. The molecule has 1 saturated carbocycles. The summed E-state index contributed by atoms with van der Waals surface area (Å²) in [5.74, 6) is -0.269. The van der Waals surface area contributed by atoms with E-state index in [4.69, 9.17) is 21.4 Å². The highest BCUT2D eigenvalue weighted by atomic mass is 35.5. The lowest BCUT2D eigenvalue weighted by Crippen LogP contribution is -2.34. The van der Waals surface area contributed by atoms with E-state index in [1.165, 1.54) is 0 Å². The molecule has 0 aromatic heterocycles. The number of carboxylic acid groups (broad SMARTS) is 1. The van der Waals surface area contributed by atoms with Crippen LogP contribution in [0.4, 0.5) is 0 Å². The second-order valence-corrected chi connectivity index (χ2v) is 8.77. The van der Waals surface area contributed by atoms with Gasteiger partial charge in [0, 0.05) is 35.7 Å². The third-order valence-corrected chi connectivity index (χ3v) is 6.22. The molecule has 2 amide bonds. The fraction of sp³-hybridized carbons (Fsp3) is 0.400. The number of benzene rings is 2. The lowest BCUT2D eigenvalue weighted by molar-refractivity contribution is -0.138. The van der Waals surface area contributed by atoms with Gasteiger partial charge < -0.3 is 20.5 Å². The van der Waals surface area contributed by atoms with Crippen molar-refractivity contribution in [1.29, 1.82) is 0 Å². The smallest absolute Gasteiger partial charge is 0.303 e. The Bertz CT molecular complexity index is 985. The number of carbonyl (C=O) groups is 3. The fourth-order valence-electron chi connectivity index (χ4n) is 3.92. The van der Waals surface area contributed by atoms with Crippen molar-refractivity contribution in [2.45, 2.75) is 45.1 Å². The van der Waals surface area contributed by atoms with Crippen molar-refractivity contribution in [2.24, 2.45) is 5.92 Å². The molecule has 0 atom stereocenters. The van der Waals surface area contributed by atoms with Gasteiger partial charge in [-0.2, -0.15) is 0 Å². The highest BCUT2D eigenvalue weighted by Gasteiger charge is 2.24. The summed E-state index contributed by atoms with van der Waals surface area (Å²) in [5.41, 5.74) is 1.86. The Hall–Kier alpha value is -3.06. The summed E-state index contributed by atoms with van der Waals surface area (Å²) < 4.78 is 5.99. The highest BCUT2D eigenvalue weighted by Crippen LogP contribution is 2.29. The van der Waals surface area contributed by atoms with Crippen LogP contribution in [-0.4, -0.2) is 42.1 Å². The number of halogens is 1. The Morgan fingerprint density at radius 3 is 2.09 bits per heavy atom. The van der Waals surface area contributed by atoms with E-state index in [1.807, 2.05) is 6.92 Å². The maximum absolute atomic E-state index is 12.3. The van der Waals surface area contributed by atoms with E-state index in [0.717, 1.165) is 31.2 Å². The van der Waals surface area contributed by atoms with Crippen molar-refractivity contribution in [2.75, 3.05) is 13.1 Å². The van der Waals surface area contributed by atoms with E-state index in [-0.39, 0.29) is 30.3 Å². The van der Waals surface area contributed by atoms with Crippen molar-refractivity contribution >= 4 is 29.4 Å². The molecule has 8 heteroatoms. The van der Waals surface area contributed by atoms with E-state index in [9.17, 15) is 14.4 Å². The number of hydrogen-bond donors (Lipinski definition) is 3. The Balaban J connectivity index is 1.38. The van der Waals surface area contributed by atoms with Gasteiger partial charge in [0.1, 0.15) is 5.75 Å². The third-order valence-electron chi connectivity index (χ3n) is 5.79. The molecule has 7 nitrogen and oxygen atoms in total. The molecular formula is C25H29ClN2O5. The van der Waals surface area contributed by atoms with Crippen LogP contribution in [-0.2, 0) is 4.79 Å². The average Bonchev–Trinajstić information content (AvgIpc) is 2.79. The maximum Gasteiger partial charge on any atom is 0.303 e. The zero-order chi connectivity index (χ0) is 23.8. The molecule has 176 valence electrons. The van der Waals surface area contributed by atoms with Crippen LogP contribution in [0.15, 0.2) is 42.5 Å². The van der Waals surface area contributed by atoms with Gasteiger partial charge in [0.2, 0.25) is 0 Å². The van der Waals surface area contributed by atoms with Crippen LogP contribution >= 0.6 is 11.6 Å². The van der Waals surface area contributed by atoms with Crippen molar-refractivity contribution < 1.29 is 24.2 Å². The van der Waals surface area contributed by atoms with Crippen LogP contribution < -0.4 is 15.4 Å². The van der Waals surface area contributed by atoms with E-state index in [1.54, 1.807) is 42.5 Å². The molecule has 33 heavy (non-hydrogen) atoms. The topological polar surface area (TPSA) is 105 Å². The average molecular weight is 473 g/mol. The highest BCUT2D eigenvalue weighted by molar-refractivity contribution is 6.31. The zero-order valence-electron chi connectivity index (χ0n) is 18.6. The van der Waals surface area contributed by atoms with Gasteiger partial charge in [-0.3, -0.25) is 14.4 Å². The summed E-state index contributed by atoms with van der Waals surface area (Å²) in [7, 11) is 0. The monoisotopic (exact) mass is 472 g/mol. The second-order valence-electron chi connectivity index (χ2n) is 8.36. The largest absolute Gasteiger partial charge is 0.490 e. The minimum atomic E-state index is -0.743. The van der Waals surface area contributed by atoms with Gasteiger partial charge in [-0.15, -0.1) is 0 Å². The summed E-state index contributed by atoms with van der Waals surface area (Å²) in [4.78, 5) is 35.4. The standard InChI is InChI=1S/C25H29ClN2O5/c1-16-14-19(6-11-22(16)26)25(32)28-13-12-27-24(31)18-4-9-21(10-5-18)33-20-7-2-17(3-8-20)15-23(29)30/h4-6,9-11,14,17,20H,2-3,7-8,12-13,15H2,1H3,(H,27,31)(H,28,32)(H,29,30)/t17-,20+. The number of hydrogen-bond acceptors (Lipinski definition) is 4. The summed E-state index contributed by atoms with van der Waals surface area (Å²) in [6.07, 6.45) is 3.67. The van der Waals surface area contributed by atoms with E-state index in [0.29, 0.717) is 35.0 Å². The molecule has 0 heterocycles. The van der Waals surface area contributed by atoms with Gasteiger partial charge in [-0.1, -0.05) is 11.6 Å². The molecule has 0 spiro atoms. The number of ether oxygens (including phenoxy) is 1. The first kappa shape index (κ1) is 24.6. The number of rotatable bonds is 9. The van der Waals surface area contributed by atoms with E-state index >= 15 is 0 Å². The molecule has 2 aromatic rings. The Morgan fingerprint density at radius 1 is 0.939 bits per heavy atom. The predicted octanol–water partition coefficient (Wildman–Crippen LogP) is 4.22. The normalized spacial score (nSPS) is 17.8. The van der Waals surface area contributed by atoms with Crippen molar-refractivity contribution in [1.82, 2.24) is 10.6 Å². The maximum atomic E-state index is 12.3. The summed E-state index contributed by atoms with van der Waals surface area (Å²) in [6, 6.07) is 12.0. The van der Waals surface area contributed by atoms with Gasteiger partial charge in [0.05, 0.1) is 6.10 Å². The number of carbonyl (C=O) groups excluding carboxylic acids is 2. The molecule has 2 aromatic carbocycles. The van der Waals surface area contributed by atoms with Gasteiger partial charge >= 0.3 is 5.97 Å². The van der Waals surface area contributed by atoms with Gasteiger partial charge in [0.15, 0.2) is 0 Å². The van der Waals surface area contributed by atoms with Crippen molar-refractivity contribution in [3.05, 3.63) is 64.2 Å². The lowest BCUT2D eigenvalue weighted by atomic mass is 9.85. The molecule has 3 rings (SSSR count). The molecule has 0 bridgehead atoms. The molecule has 1 aliphatic rings. The zero-order valence-corrected chi connectivity index (χ0v) is 19.4. The van der Waals surface area contributed by atoms with Gasteiger partial charge in [-0.25, -0.2) is 0 Å². The minimum absolute atomic E-state index is 0.0720. The number of aliphatic carboxylic acids is 1. The SMILES string of the molecule is Cc1cc(C(=O)NCCNC(=O)c2ccc(O[C@H]3CC[C@@H](CC(=O)O)CC3)cc2)ccc1Cl. The second kappa shape index (κ2) is 11.7. The quantitative estimate of drug-likeness (QED) is 0.474. The third kappa shape index (κ3) is 7.49. The Labute approximate surface area is 198 Å². The molecule has 3 N–H and O–H groups in total. The van der Waals surface area contributed by atoms with Crippen LogP contribution in [0.5, 0.6) is 5.75 Å². The van der Waals surface area contributed by atoms with Crippen LogP contribution in [0.1, 0.15) is 58.4 Å². The summed E-state index contributed by atoms with van der Waals surface area (Å²) in [5, 5.41) is 15.1. The van der Waals surface area contributed by atoms with Crippen LogP contribution in [0.2, 0.25) is 5.02 Å². The van der Waals surface area contributed by atoms with E-state index < -0.39 is 5.97 Å². The molecule has 0 saturated heterocycles. The summed E-state index contributed by atoms with van der Waals surface area (Å²) >= 11 is 5.98. The summed E-state index contributed by atoms with van der Waals surface area (Å²) in [6.45, 7) is 2.44. The Morgan fingerprint density at radius 2 is 1.52 bits per heavy atom. The van der Waals surface area contributed by atoms with Gasteiger partial charge in [-0.05, 0) is 86.6 Å². The predicted molar refractivity (Wildman–Crippen MR) is 126 cm³/mol. The minimum Gasteiger partial charge on any atom is -0.490 e. The van der Waals surface area contributed by atoms with Crippen LogP contribution in [0.3, 0.4) is 0 Å². The molecular weight excluding hydrogens is 444 g/mol. The molecule has 0 aliphatic heterocycles.